The molecule has 2 aliphatic rings. The maximum Gasteiger partial charge on any atom is 0.234 e. The Morgan fingerprint density at radius 3 is 2.95 bits per heavy atom. The van der Waals surface area contributed by atoms with Gasteiger partial charge in [-0.25, -0.2) is 0 Å². The highest BCUT2D eigenvalue weighted by Gasteiger charge is 2.40. The van der Waals surface area contributed by atoms with E-state index in [1.54, 1.807) is 0 Å². The standard InChI is InChI=1S/C17H22ClNO2/c1-4-14-11(7-8-21-14)15(18)10-5-6-13-12(9-10)17(2,3)16(20)19-13/h5-6,9,11,14-15H,4,7-8H2,1-3H3,(H,19,20). The largest absolute Gasteiger partial charge is 0.378 e. The molecule has 0 saturated carbocycles. The highest BCUT2D eigenvalue weighted by Crippen LogP contribution is 2.43. The summed E-state index contributed by atoms with van der Waals surface area (Å²) in [6.45, 7) is 6.84. The predicted molar refractivity (Wildman–Crippen MR) is 84.8 cm³/mol. The third-order valence-electron chi connectivity index (χ3n) is 4.89. The van der Waals surface area contributed by atoms with Gasteiger partial charge in [-0.1, -0.05) is 19.1 Å². The molecule has 21 heavy (non-hydrogen) atoms. The molecule has 0 spiro atoms. The van der Waals surface area contributed by atoms with E-state index in [9.17, 15) is 4.79 Å². The number of rotatable bonds is 3. The number of hydrogen-bond donors (Lipinski definition) is 1. The van der Waals surface area contributed by atoms with Crippen molar-refractivity contribution in [2.45, 2.75) is 50.5 Å². The fourth-order valence-electron chi connectivity index (χ4n) is 3.43. The minimum Gasteiger partial charge on any atom is -0.378 e. The number of hydrogen-bond acceptors (Lipinski definition) is 2. The summed E-state index contributed by atoms with van der Waals surface area (Å²) in [7, 11) is 0. The Labute approximate surface area is 131 Å². The average Bonchev–Trinajstić information content (AvgIpc) is 3.02. The number of carbonyl (C=O) groups excluding carboxylic acids is 1. The molecular weight excluding hydrogens is 286 g/mol. The van der Waals surface area contributed by atoms with E-state index in [-0.39, 0.29) is 17.4 Å². The zero-order chi connectivity index (χ0) is 15.2. The monoisotopic (exact) mass is 307 g/mol. The molecule has 2 aliphatic heterocycles. The van der Waals surface area contributed by atoms with Crippen LogP contribution in [0.25, 0.3) is 0 Å². The Morgan fingerprint density at radius 2 is 2.24 bits per heavy atom. The fourth-order valence-corrected chi connectivity index (χ4v) is 3.85. The van der Waals surface area contributed by atoms with Gasteiger partial charge in [0.05, 0.1) is 16.9 Å². The summed E-state index contributed by atoms with van der Waals surface area (Å²) in [5.74, 6) is 0.402. The lowest BCUT2D eigenvalue weighted by Gasteiger charge is -2.24. The van der Waals surface area contributed by atoms with Crippen LogP contribution in [0.2, 0.25) is 0 Å². The van der Waals surface area contributed by atoms with Gasteiger partial charge in [0.15, 0.2) is 0 Å². The first-order valence-electron chi connectivity index (χ1n) is 7.66. The molecule has 3 atom stereocenters. The first-order valence-corrected chi connectivity index (χ1v) is 8.10. The lowest BCUT2D eigenvalue weighted by atomic mass is 9.83. The number of carbonyl (C=O) groups is 1. The second-order valence-corrected chi connectivity index (χ2v) is 7.03. The van der Waals surface area contributed by atoms with E-state index in [2.05, 4.69) is 18.3 Å². The van der Waals surface area contributed by atoms with Gasteiger partial charge < -0.3 is 10.1 Å². The van der Waals surface area contributed by atoms with Crippen molar-refractivity contribution in [3.05, 3.63) is 29.3 Å². The van der Waals surface area contributed by atoms with Crippen LogP contribution in [0, 0.1) is 5.92 Å². The third kappa shape index (κ3) is 2.36. The minimum absolute atomic E-state index is 0.0522. The number of amides is 1. The SMILES string of the molecule is CCC1OCCC1C(Cl)c1ccc2c(c1)C(C)(C)C(=O)N2. The molecule has 1 aromatic carbocycles. The molecule has 1 saturated heterocycles. The zero-order valence-corrected chi connectivity index (χ0v) is 13.5. The van der Waals surface area contributed by atoms with Crippen LogP contribution in [0.1, 0.15) is 50.1 Å². The van der Waals surface area contributed by atoms with E-state index < -0.39 is 5.41 Å². The highest BCUT2D eigenvalue weighted by atomic mass is 35.5. The summed E-state index contributed by atoms with van der Waals surface area (Å²) in [6, 6.07) is 6.10. The molecule has 0 radical (unpaired) electrons. The van der Waals surface area contributed by atoms with Gasteiger partial charge >= 0.3 is 0 Å². The molecular formula is C17H22ClNO2. The van der Waals surface area contributed by atoms with Crippen molar-refractivity contribution in [3.8, 4) is 0 Å². The maximum atomic E-state index is 12.0. The third-order valence-corrected chi connectivity index (χ3v) is 5.47. The molecule has 4 heteroatoms. The van der Waals surface area contributed by atoms with Gasteiger partial charge in [0, 0.05) is 18.2 Å². The van der Waals surface area contributed by atoms with Gasteiger partial charge in [0.25, 0.3) is 0 Å². The minimum atomic E-state index is -0.488. The summed E-state index contributed by atoms with van der Waals surface area (Å²) in [5, 5.41) is 2.88. The van der Waals surface area contributed by atoms with Crippen LogP contribution in [-0.2, 0) is 14.9 Å². The van der Waals surface area contributed by atoms with Gasteiger partial charge in [-0.05, 0) is 43.9 Å². The van der Waals surface area contributed by atoms with E-state index >= 15 is 0 Å². The smallest absolute Gasteiger partial charge is 0.234 e. The van der Waals surface area contributed by atoms with Crippen LogP contribution in [0.4, 0.5) is 5.69 Å². The molecule has 3 rings (SSSR count). The summed E-state index contributed by atoms with van der Waals surface area (Å²) in [4.78, 5) is 12.0. The second-order valence-electron chi connectivity index (χ2n) is 6.56. The molecule has 3 unspecified atom stereocenters. The van der Waals surface area contributed by atoms with Crippen LogP contribution in [0.5, 0.6) is 0 Å². The molecule has 0 aromatic heterocycles. The number of anilines is 1. The predicted octanol–water partition coefficient (Wildman–Crippen LogP) is 4.01. The normalized spacial score (nSPS) is 28.3. The molecule has 0 aliphatic carbocycles. The van der Waals surface area contributed by atoms with Gasteiger partial charge in [-0.2, -0.15) is 0 Å². The van der Waals surface area contributed by atoms with Crippen LogP contribution >= 0.6 is 11.6 Å². The first-order chi connectivity index (χ1) is 9.95. The molecule has 1 fully saturated rings. The number of ether oxygens (including phenoxy) is 1. The number of halogens is 1. The van der Waals surface area contributed by atoms with Crippen molar-refractivity contribution in [2.75, 3.05) is 11.9 Å². The quantitative estimate of drug-likeness (QED) is 0.857. The molecule has 3 nitrogen and oxygen atoms in total. The van der Waals surface area contributed by atoms with Crippen molar-refractivity contribution < 1.29 is 9.53 Å². The number of nitrogens with one attached hydrogen (secondary N) is 1. The van der Waals surface area contributed by atoms with Gasteiger partial charge in [0.1, 0.15) is 0 Å². The summed E-state index contributed by atoms with van der Waals surface area (Å²) < 4.78 is 5.76. The van der Waals surface area contributed by atoms with Crippen molar-refractivity contribution in [1.29, 1.82) is 0 Å². The van der Waals surface area contributed by atoms with Crippen LogP contribution in [-0.4, -0.2) is 18.6 Å². The Morgan fingerprint density at radius 1 is 1.48 bits per heavy atom. The molecule has 1 amide bonds. The van der Waals surface area contributed by atoms with Crippen LogP contribution < -0.4 is 5.32 Å². The lowest BCUT2D eigenvalue weighted by Crippen LogP contribution is -2.27. The summed E-state index contributed by atoms with van der Waals surface area (Å²) in [6.07, 6.45) is 2.24. The van der Waals surface area contributed by atoms with E-state index in [0.29, 0.717) is 5.92 Å². The van der Waals surface area contributed by atoms with Crippen molar-refractivity contribution in [3.63, 3.8) is 0 Å². The van der Waals surface area contributed by atoms with Crippen LogP contribution in [0.15, 0.2) is 18.2 Å². The van der Waals surface area contributed by atoms with Crippen LogP contribution in [0.3, 0.4) is 0 Å². The topological polar surface area (TPSA) is 38.3 Å². The molecule has 114 valence electrons. The summed E-state index contributed by atoms with van der Waals surface area (Å²) in [5.41, 5.74) is 2.56. The Balaban J connectivity index is 1.91. The van der Waals surface area contributed by atoms with Gasteiger partial charge in [0.2, 0.25) is 5.91 Å². The van der Waals surface area contributed by atoms with E-state index in [1.165, 1.54) is 0 Å². The molecule has 1 aromatic rings. The van der Waals surface area contributed by atoms with Crippen molar-refractivity contribution in [2.24, 2.45) is 5.92 Å². The van der Waals surface area contributed by atoms with E-state index in [4.69, 9.17) is 16.3 Å². The van der Waals surface area contributed by atoms with Gasteiger partial charge in [-0.15, -0.1) is 11.6 Å². The fraction of sp³-hybridized carbons (Fsp3) is 0.588. The maximum absolute atomic E-state index is 12.0. The lowest BCUT2D eigenvalue weighted by molar-refractivity contribution is -0.119. The molecule has 1 N–H and O–H groups in total. The number of fused-ring (bicyclic) bond motifs is 1. The van der Waals surface area contributed by atoms with Crippen molar-refractivity contribution in [1.82, 2.24) is 0 Å². The molecule has 0 bridgehead atoms. The Kier molecular flexibility index (Phi) is 3.74. The highest BCUT2D eigenvalue weighted by molar-refractivity contribution is 6.21. The summed E-state index contributed by atoms with van der Waals surface area (Å²) >= 11 is 6.73. The average molecular weight is 308 g/mol. The second kappa shape index (κ2) is 5.29. The first kappa shape index (κ1) is 14.9. The number of alkyl halides is 1. The molecule has 2 heterocycles. The van der Waals surface area contributed by atoms with E-state index in [0.717, 1.165) is 36.3 Å². The zero-order valence-electron chi connectivity index (χ0n) is 12.8. The van der Waals surface area contributed by atoms with Gasteiger partial charge in [-0.3, -0.25) is 4.79 Å². The Bertz CT molecular complexity index is 570. The Hall–Kier alpha value is -1.06. The van der Waals surface area contributed by atoms with Crippen molar-refractivity contribution >= 4 is 23.2 Å². The van der Waals surface area contributed by atoms with E-state index in [1.807, 2.05) is 26.0 Å². The number of benzene rings is 1.